The van der Waals surface area contributed by atoms with Crippen LogP contribution in [0, 0.1) is 0 Å². The summed E-state index contributed by atoms with van der Waals surface area (Å²) in [4.78, 5) is 4.30. The quantitative estimate of drug-likeness (QED) is 0.846. The van der Waals surface area contributed by atoms with Crippen LogP contribution >= 0.6 is 0 Å². The van der Waals surface area contributed by atoms with Crippen molar-refractivity contribution in [3.63, 3.8) is 0 Å². The Hall–Kier alpha value is -2.23. The first kappa shape index (κ1) is 14.2. The molecule has 2 aromatic rings. The lowest BCUT2D eigenvalue weighted by atomic mass is 9.98. The molecule has 0 amide bonds. The molecule has 3 N–H and O–H groups in total. The molecular formula is C16H21N3O. The molecule has 106 valence electrons. The number of hydrogen-bond donors (Lipinski definition) is 2. The summed E-state index contributed by atoms with van der Waals surface area (Å²) in [6, 6.07) is 14.2. The van der Waals surface area contributed by atoms with Crippen LogP contribution in [0.2, 0.25) is 0 Å². The van der Waals surface area contributed by atoms with Crippen molar-refractivity contribution in [3.8, 4) is 5.88 Å². The predicted octanol–water partition coefficient (Wildman–Crippen LogP) is 3.28. The van der Waals surface area contributed by atoms with Crippen molar-refractivity contribution < 1.29 is 4.74 Å². The highest BCUT2D eigenvalue weighted by atomic mass is 16.5. The molecule has 0 fully saturated rings. The van der Waals surface area contributed by atoms with E-state index >= 15 is 0 Å². The van der Waals surface area contributed by atoms with Crippen molar-refractivity contribution in [1.29, 1.82) is 0 Å². The average Bonchev–Trinajstić information content (AvgIpc) is 2.49. The second kappa shape index (κ2) is 6.80. The molecule has 1 unspecified atom stereocenters. The van der Waals surface area contributed by atoms with Crippen LogP contribution in [0.4, 0.5) is 11.5 Å². The van der Waals surface area contributed by atoms with Crippen LogP contribution in [-0.2, 0) is 0 Å². The molecule has 1 aromatic carbocycles. The molecule has 0 aliphatic heterocycles. The van der Waals surface area contributed by atoms with Gasteiger partial charge in [0.25, 0.3) is 0 Å². The Morgan fingerprint density at radius 2 is 1.95 bits per heavy atom. The Bertz CT molecular complexity index is 543. The number of methoxy groups -OCH3 is 1. The highest BCUT2D eigenvalue weighted by Crippen LogP contribution is 2.21. The van der Waals surface area contributed by atoms with Crippen LogP contribution in [0.3, 0.4) is 0 Å². The maximum atomic E-state index is 5.74. The molecule has 0 bridgehead atoms. The van der Waals surface area contributed by atoms with E-state index in [0.29, 0.717) is 17.5 Å². The van der Waals surface area contributed by atoms with Gasteiger partial charge in [-0.15, -0.1) is 0 Å². The summed E-state index contributed by atoms with van der Waals surface area (Å²) in [7, 11) is 1.57. The van der Waals surface area contributed by atoms with Crippen molar-refractivity contribution in [1.82, 2.24) is 4.98 Å². The number of nitrogens with one attached hydrogen (secondary N) is 1. The average molecular weight is 271 g/mol. The standard InChI is InChI=1S/C16H21N3O/c1-12(13-6-4-3-5-7-13)10-11-18-15-9-8-14(17)16(19-15)20-2/h3-9,12H,10-11,17H2,1-2H3,(H,18,19). The fourth-order valence-corrected chi connectivity index (χ4v) is 2.08. The minimum absolute atomic E-state index is 0.464. The molecule has 1 aromatic heterocycles. The third-order valence-corrected chi connectivity index (χ3v) is 3.34. The van der Waals surface area contributed by atoms with E-state index in [4.69, 9.17) is 10.5 Å². The van der Waals surface area contributed by atoms with Crippen LogP contribution in [-0.4, -0.2) is 18.6 Å². The molecule has 0 aliphatic rings. The molecule has 2 rings (SSSR count). The third-order valence-electron chi connectivity index (χ3n) is 3.34. The Kier molecular flexibility index (Phi) is 4.82. The number of nitrogens with zero attached hydrogens (tertiary/aromatic N) is 1. The van der Waals surface area contributed by atoms with Crippen LogP contribution in [0.1, 0.15) is 24.8 Å². The number of pyridine rings is 1. The van der Waals surface area contributed by atoms with E-state index in [0.717, 1.165) is 18.8 Å². The fourth-order valence-electron chi connectivity index (χ4n) is 2.08. The fraction of sp³-hybridized carbons (Fsp3) is 0.312. The Morgan fingerprint density at radius 3 is 2.65 bits per heavy atom. The summed E-state index contributed by atoms with van der Waals surface area (Å²) in [5, 5.41) is 3.30. The summed E-state index contributed by atoms with van der Waals surface area (Å²) in [6.45, 7) is 3.09. The van der Waals surface area contributed by atoms with Crippen LogP contribution < -0.4 is 15.8 Å². The van der Waals surface area contributed by atoms with E-state index in [-0.39, 0.29) is 0 Å². The van der Waals surface area contributed by atoms with Gasteiger partial charge in [-0.05, 0) is 30.0 Å². The van der Waals surface area contributed by atoms with Gasteiger partial charge in [0.05, 0.1) is 12.8 Å². The van der Waals surface area contributed by atoms with E-state index in [2.05, 4.69) is 41.5 Å². The zero-order valence-electron chi connectivity index (χ0n) is 12.0. The molecule has 0 aliphatic carbocycles. The van der Waals surface area contributed by atoms with Crippen LogP contribution in [0.25, 0.3) is 0 Å². The molecule has 0 saturated heterocycles. The number of nitrogen functional groups attached to an aromatic ring is 1. The van der Waals surface area contributed by atoms with E-state index in [1.807, 2.05) is 12.1 Å². The molecule has 1 heterocycles. The maximum Gasteiger partial charge on any atom is 0.238 e. The van der Waals surface area contributed by atoms with Gasteiger partial charge >= 0.3 is 0 Å². The smallest absolute Gasteiger partial charge is 0.238 e. The lowest BCUT2D eigenvalue weighted by molar-refractivity contribution is 0.401. The number of benzene rings is 1. The third kappa shape index (κ3) is 3.63. The van der Waals surface area contributed by atoms with E-state index in [9.17, 15) is 0 Å². The molecule has 0 radical (unpaired) electrons. The summed E-state index contributed by atoms with van der Waals surface area (Å²) < 4.78 is 5.11. The van der Waals surface area contributed by atoms with Crippen molar-refractivity contribution in [2.75, 3.05) is 24.7 Å². The lowest BCUT2D eigenvalue weighted by Gasteiger charge is -2.13. The first-order valence-corrected chi connectivity index (χ1v) is 6.80. The van der Waals surface area contributed by atoms with Gasteiger partial charge in [-0.25, -0.2) is 0 Å². The molecule has 0 saturated carbocycles. The zero-order chi connectivity index (χ0) is 14.4. The molecule has 1 atom stereocenters. The van der Waals surface area contributed by atoms with Crippen LogP contribution in [0.15, 0.2) is 42.5 Å². The minimum Gasteiger partial charge on any atom is -0.479 e. The Morgan fingerprint density at radius 1 is 1.20 bits per heavy atom. The SMILES string of the molecule is COc1nc(NCCC(C)c2ccccc2)ccc1N. The van der Waals surface area contributed by atoms with Crippen molar-refractivity contribution in [2.45, 2.75) is 19.3 Å². The number of ether oxygens (including phenoxy) is 1. The molecule has 20 heavy (non-hydrogen) atoms. The summed E-state index contributed by atoms with van der Waals surface area (Å²) in [5.74, 6) is 1.77. The first-order chi connectivity index (χ1) is 9.70. The Labute approximate surface area is 120 Å². The number of rotatable bonds is 6. The predicted molar refractivity (Wildman–Crippen MR) is 83.2 cm³/mol. The Balaban J connectivity index is 1.87. The lowest BCUT2D eigenvalue weighted by Crippen LogP contribution is -2.08. The maximum absolute atomic E-state index is 5.74. The van der Waals surface area contributed by atoms with Gasteiger partial charge in [-0.1, -0.05) is 37.3 Å². The summed E-state index contributed by atoms with van der Waals surface area (Å²) >= 11 is 0. The van der Waals surface area contributed by atoms with Gasteiger partial charge in [0.15, 0.2) is 0 Å². The van der Waals surface area contributed by atoms with E-state index < -0.39 is 0 Å². The van der Waals surface area contributed by atoms with Gasteiger partial charge in [0.2, 0.25) is 5.88 Å². The molecular weight excluding hydrogens is 250 g/mol. The molecule has 4 heteroatoms. The molecule has 4 nitrogen and oxygen atoms in total. The van der Waals surface area contributed by atoms with Gasteiger partial charge in [-0.2, -0.15) is 4.98 Å². The monoisotopic (exact) mass is 271 g/mol. The van der Waals surface area contributed by atoms with Crippen molar-refractivity contribution in [2.24, 2.45) is 0 Å². The van der Waals surface area contributed by atoms with E-state index in [1.54, 1.807) is 13.2 Å². The largest absolute Gasteiger partial charge is 0.479 e. The highest BCUT2D eigenvalue weighted by molar-refractivity contribution is 5.53. The van der Waals surface area contributed by atoms with Crippen molar-refractivity contribution >= 4 is 11.5 Å². The topological polar surface area (TPSA) is 60.2 Å². The number of hydrogen-bond acceptors (Lipinski definition) is 4. The second-order valence-corrected chi connectivity index (χ2v) is 4.82. The van der Waals surface area contributed by atoms with Gasteiger partial charge in [0, 0.05) is 6.54 Å². The number of aromatic nitrogens is 1. The van der Waals surface area contributed by atoms with E-state index in [1.165, 1.54) is 5.56 Å². The first-order valence-electron chi connectivity index (χ1n) is 6.80. The van der Waals surface area contributed by atoms with Crippen LogP contribution in [0.5, 0.6) is 5.88 Å². The second-order valence-electron chi connectivity index (χ2n) is 4.82. The van der Waals surface area contributed by atoms with Gasteiger partial charge in [-0.3, -0.25) is 0 Å². The molecule has 0 spiro atoms. The van der Waals surface area contributed by atoms with Gasteiger partial charge < -0.3 is 15.8 Å². The summed E-state index contributed by atoms with van der Waals surface area (Å²) in [6.07, 6.45) is 1.04. The number of nitrogens with two attached hydrogens (primary N) is 1. The zero-order valence-corrected chi connectivity index (χ0v) is 12.0. The van der Waals surface area contributed by atoms with Gasteiger partial charge in [0.1, 0.15) is 5.82 Å². The normalized spacial score (nSPS) is 11.9. The number of anilines is 2. The highest BCUT2D eigenvalue weighted by Gasteiger charge is 2.06. The summed E-state index contributed by atoms with van der Waals surface area (Å²) in [5.41, 5.74) is 7.65. The van der Waals surface area contributed by atoms with Crippen molar-refractivity contribution in [3.05, 3.63) is 48.0 Å². The minimum atomic E-state index is 0.464.